The van der Waals surface area contributed by atoms with Gasteiger partial charge >= 0.3 is 0 Å². The molecule has 0 amide bonds. The van der Waals surface area contributed by atoms with E-state index in [1.807, 2.05) is 26.9 Å². The number of ether oxygens (including phenoxy) is 2. The third-order valence-corrected chi connectivity index (χ3v) is 1.88. The molecule has 0 aromatic heterocycles. The zero-order valence-electron chi connectivity index (χ0n) is 8.54. The standard InChI is InChI=1S/C11H13BO2/c1-4-13-9-6-8(3)7-10(11(9)12)14-5-2/h4-7H,1-2,12H2,3H3. The fourth-order valence-electron chi connectivity index (χ4n) is 1.22. The molecule has 14 heavy (non-hydrogen) atoms. The average Bonchev–Trinajstić information content (AvgIpc) is 2.14. The second-order valence-electron chi connectivity index (χ2n) is 2.96. The van der Waals surface area contributed by atoms with Gasteiger partial charge in [-0.15, -0.1) is 0 Å². The minimum Gasteiger partial charge on any atom is -0.466 e. The van der Waals surface area contributed by atoms with Crippen molar-refractivity contribution in [3.8, 4) is 11.5 Å². The molecule has 0 radical (unpaired) electrons. The van der Waals surface area contributed by atoms with Crippen LogP contribution in [0.3, 0.4) is 0 Å². The average molecular weight is 188 g/mol. The Balaban J connectivity index is 3.16. The molecule has 0 fully saturated rings. The lowest BCUT2D eigenvalue weighted by atomic mass is 9.92. The van der Waals surface area contributed by atoms with Gasteiger partial charge < -0.3 is 9.47 Å². The van der Waals surface area contributed by atoms with E-state index in [1.165, 1.54) is 12.5 Å². The summed E-state index contributed by atoms with van der Waals surface area (Å²) in [5, 5.41) is 0. The Morgan fingerprint density at radius 2 is 1.57 bits per heavy atom. The minimum atomic E-state index is 0.761. The highest BCUT2D eigenvalue weighted by Crippen LogP contribution is 2.19. The van der Waals surface area contributed by atoms with Gasteiger partial charge in [0.15, 0.2) is 0 Å². The van der Waals surface area contributed by atoms with Crippen molar-refractivity contribution < 1.29 is 9.47 Å². The SMILES string of the molecule is Bc1c(OC=C)cc(C)cc1OC=C. The molecule has 72 valence electrons. The molecule has 1 rings (SSSR count). The summed E-state index contributed by atoms with van der Waals surface area (Å²) in [6.07, 6.45) is 2.80. The zero-order valence-corrected chi connectivity index (χ0v) is 8.54. The van der Waals surface area contributed by atoms with Gasteiger partial charge in [0, 0.05) is 0 Å². The Hall–Kier alpha value is -1.64. The molecule has 0 atom stereocenters. The van der Waals surface area contributed by atoms with Crippen LogP contribution >= 0.6 is 0 Å². The van der Waals surface area contributed by atoms with Gasteiger partial charge in [0.05, 0.1) is 12.5 Å². The summed E-state index contributed by atoms with van der Waals surface area (Å²) in [5.74, 6) is 1.52. The van der Waals surface area contributed by atoms with Gasteiger partial charge in [0.2, 0.25) is 0 Å². The van der Waals surface area contributed by atoms with E-state index in [4.69, 9.17) is 9.47 Å². The van der Waals surface area contributed by atoms with Crippen LogP contribution in [-0.2, 0) is 0 Å². The van der Waals surface area contributed by atoms with Gasteiger partial charge in [-0.2, -0.15) is 0 Å². The highest BCUT2D eigenvalue weighted by atomic mass is 16.5. The summed E-state index contributed by atoms with van der Waals surface area (Å²) in [4.78, 5) is 0. The van der Waals surface area contributed by atoms with Crippen molar-refractivity contribution in [1.29, 1.82) is 0 Å². The molecule has 0 unspecified atom stereocenters. The summed E-state index contributed by atoms with van der Waals surface area (Å²) in [6, 6.07) is 3.87. The van der Waals surface area contributed by atoms with Crippen molar-refractivity contribution >= 4 is 13.3 Å². The van der Waals surface area contributed by atoms with E-state index in [0.29, 0.717) is 0 Å². The summed E-state index contributed by atoms with van der Waals surface area (Å²) < 4.78 is 10.5. The van der Waals surface area contributed by atoms with Crippen LogP contribution < -0.4 is 14.9 Å². The van der Waals surface area contributed by atoms with Crippen LogP contribution in [0.15, 0.2) is 37.8 Å². The first-order valence-electron chi connectivity index (χ1n) is 4.35. The Morgan fingerprint density at radius 1 is 1.14 bits per heavy atom. The number of benzene rings is 1. The van der Waals surface area contributed by atoms with Crippen LogP contribution in [0.4, 0.5) is 0 Å². The van der Waals surface area contributed by atoms with Crippen molar-refractivity contribution in [1.82, 2.24) is 0 Å². The minimum absolute atomic E-state index is 0.761. The van der Waals surface area contributed by atoms with Crippen LogP contribution in [0.25, 0.3) is 0 Å². The molecule has 0 aliphatic carbocycles. The van der Waals surface area contributed by atoms with Crippen LogP contribution in [0.1, 0.15) is 5.56 Å². The summed E-state index contributed by atoms with van der Waals surface area (Å²) in [5.41, 5.74) is 2.01. The zero-order chi connectivity index (χ0) is 10.6. The Bertz CT molecular complexity index is 327. The van der Waals surface area contributed by atoms with E-state index in [9.17, 15) is 0 Å². The molecular formula is C11H13BO2. The molecule has 0 aliphatic rings. The molecular weight excluding hydrogens is 175 g/mol. The highest BCUT2D eigenvalue weighted by Gasteiger charge is 2.06. The first kappa shape index (κ1) is 10.4. The molecule has 3 heteroatoms. The first-order valence-corrected chi connectivity index (χ1v) is 4.35. The van der Waals surface area contributed by atoms with E-state index in [-0.39, 0.29) is 0 Å². The van der Waals surface area contributed by atoms with E-state index < -0.39 is 0 Å². The normalized spacial score (nSPS) is 9.21. The molecule has 2 nitrogen and oxygen atoms in total. The smallest absolute Gasteiger partial charge is 0.149 e. The fourth-order valence-corrected chi connectivity index (χ4v) is 1.22. The molecule has 0 spiro atoms. The van der Waals surface area contributed by atoms with Crippen molar-refractivity contribution in [2.24, 2.45) is 0 Å². The van der Waals surface area contributed by atoms with Gasteiger partial charge in [0.1, 0.15) is 19.3 Å². The topological polar surface area (TPSA) is 18.5 Å². The third-order valence-electron chi connectivity index (χ3n) is 1.88. The monoisotopic (exact) mass is 188 g/mol. The predicted molar refractivity (Wildman–Crippen MR) is 61.0 cm³/mol. The number of hydrogen-bond donors (Lipinski definition) is 0. The molecule has 0 saturated heterocycles. The summed E-state index contributed by atoms with van der Waals surface area (Å²) >= 11 is 0. The Labute approximate surface area is 85.3 Å². The van der Waals surface area contributed by atoms with Crippen LogP contribution in [0.5, 0.6) is 11.5 Å². The van der Waals surface area contributed by atoms with Gasteiger partial charge in [-0.3, -0.25) is 0 Å². The molecule has 0 aliphatic heterocycles. The lowest BCUT2D eigenvalue weighted by Gasteiger charge is -2.10. The largest absolute Gasteiger partial charge is 0.466 e. The molecule has 1 aromatic carbocycles. The molecule has 0 heterocycles. The van der Waals surface area contributed by atoms with E-state index >= 15 is 0 Å². The van der Waals surface area contributed by atoms with E-state index in [0.717, 1.165) is 22.5 Å². The quantitative estimate of drug-likeness (QED) is 0.523. The lowest BCUT2D eigenvalue weighted by Crippen LogP contribution is -2.10. The van der Waals surface area contributed by atoms with Crippen molar-refractivity contribution in [2.75, 3.05) is 0 Å². The number of aryl methyl sites for hydroxylation is 1. The second kappa shape index (κ2) is 4.56. The Morgan fingerprint density at radius 3 is 1.93 bits per heavy atom. The van der Waals surface area contributed by atoms with Gasteiger partial charge in [-0.05, 0) is 30.1 Å². The van der Waals surface area contributed by atoms with Gasteiger partial charge in [-0.1, -0.05) is 13.2 Å². The van der Waals surface area contributed by atoms with Gasteiger partial charge in [-0.25, -0.2) is 0 Å². The summed E-state index contributed by atoms with van der Waals surface area (Å²) in [6.45, 7) is 9.02. The van der Waals surface area contributed by atoms with Crippen molar-refractivity contribution in [3.63, 3.8) is 0 Å². The Kier molecular flexibility index (Phi) is 3.40. The number of hydrogen-bond acceptors (Lipinski definition) is 2. The van der Waals surface area contributed by atoms with Crippen LogP contribution in [0.2, 0.25) is 0 Å². The molecule has 1 aromatic rings. The predicted octanol–water partition coefficient (Wildman–Crippen LogP) is 1.30. The van der Waals surface area contributed by atoms with Crippen LogP contribution in [0, 0.1) is 6.92 Å². The first-order chi connectivity index (χ1) is 6.69. The number of rotatable bonds is 4. The van der Waals surface area contributed by atoms with E-state index in [2.05, 4.69) is 13.2 Å². The highest BCUT2D eigenvalue weighted by molar-refractivity contribution is 6.36. The maximum absolute atomic E-state index is 5.25. The lowest BCUT2D eigenvalue weighted by molar-refractivity contribution is 0.467. The second-order valence-corrected chi connectivity index (χ2v) is 2.96. The molecule has 0 bridgehead atoms. The van der Waals surface area contributed by atoms with Crippen molar-refractivity contribution in [3.05, 3.63) is 43.4 Å². The summed E-state index contributed by atoms with van der Waals surface area (Å²) in [7, 11) is 1.93. The van der Waals surface area contributed by atoms with E-state index in [1.54, 1.807) is 0 Å². The van der Waals surface area contributed by atoms with Crippen molar-refractivity contribution in [2.45, 2.75) is 6.92 Å². The van der Waals surface area contributed by atoms with Crippen LogP contribution in [-0.4, -0.2) is 7.85 Å². The fraction of sp³-hybridized carbons (Fsp3) is 0.0909. The van der Waals surface area contributed by atoms with Gasteiger partial charge in [0.25, 0.3) is 0 Å². The maximum atomic E-state index is 5.25. The molecule has 0 saturated carbocycles. The molecule has 0 N–H and O–H groups in total. The maximum Gasteiger partial charge on any atom is 0.149 e. The third kappa shape index (κ3) is 2.19.